The lowest BCUT2D eigenvalue weighted by molar-refractivity contribution is 0.0290. The Hall–Kier alpha value is -3.07. The minimum Gasteiger partial charge on any atom is -0.497 e. The fourth-order valence-electron chi connectivity index (χ4n) is 3.35. The topological polar surface area (TPSA) is 89.5 Å². The molecule has 0 bridgehead atoms. The van der Waals surface area contributed by atoms with Gasteiger partial charge in [-0.25, -0.2) is 4.79 Å². The Morgan fingerprint density at radius 1 is 1.09 bits per heavy atom. The second kappa shape index (κ2) is 12.1. The van der Waals surface area contributed by atoms with Gasteiger partial charge in [0.15, 0.2) is 0 Å². The number of carbonyl (C=O) groups excluding carboxylic acids is 1. The lowest BCUT2D eigenvalue weighted by Gasteiger charge is -2.26. The summed E-state index contributed by atoms with van der Waals surface area (Å²) in [6.45, 7) is 4.02. The number of amides is 1. The highest BCUT2D eigenvalue weighted by atomic mass is 16.5. The van der Waals surface area contributed by atoms with Gasteiger partial charge in [-0.1, -0.05) is 18.2 Å². The number of aliphatic hydroxyl groups excluding tert-OH is 1. The van der Waals surface area contributed by atoms with Crippen LogP contribution in [0.15, 0.2) is 36.4 Å². The summed E-state index contributed by atoms with van der Waals surface area (Å²) in [5.41, 5.74) is 3.04. The molecular weight excluding hydrogens is 412 g/mol. The highest BCUT2D eigenvalue weighted by molar-refractivity contribution is 5.88. The Bertz CT molecular complexity index is 902. The smallest absolute Gasteiger partial charge is 0.411 e. The molecule has 0 atom stereocenters. The van der Waals surface area contributed by atoms with Crippen LogP contribution in [0.4, 0.5) is 10.5 Å². The van der Waals surface area contributed by atoms with Crippen LogP contribution < -0.4 is 14.8 Å². The molecule has 1 aliphatic heterocycles. The van der Waals surface area contributed by atoms with Crippen molar-refractivity contribution < 1.29 is 28.8 Å². The van der Waals surface area contributed by atoms with E-state index in [-0.39, 0.29) is 6.61 Å². The van der Waals surface area contributed by atoms with Gasteiger partial charge in [0, 0.05) is 19.6 Å². The van der Waals surface area contributed by atoms with E-state index in [1.165, 1.54) is 0 Å². The molecule has 2 aromatic carbocycles. The third-order valence-electron chi connectivity index (χ3n) is 5.08. The van der Waals surface area contributed by atoms with Gasteiger partial charge in [-0.2, -0.15) is 0 Å². The third-order valence-corrected chi connectivity index (χ3v) is 5.08. The zero-order valence-corrected chi connectivity index (χ0v) is 18.5. The van der Waals surface area contributed by atoms with Crippen LogP contribution in [-0.4, -0.2) is 69.8 Å². The van der Waals surface area contributed by atoms with Gasteiger partial charge in [-0.15, -0.1) is 0 Å². The summed E-state index contributed by atoms with van der Waals surface area (Å²) >= 11 is 0. The number of hydrogen-bond donors (Lipinski definition) is 2. The fourth-order valence-corrected chi connectivity index (χ4v) is 3.35. The number of morpholine rings is 1. The van der Waals surface area contributed by atoms with Gasteiger partial charge < -0.3 is 24.1 Å². The Labute approximate surface area is 188 Å². The van der Waals surface area contributed by atoms with Crippen LogP contribution in [0.25, 0.3) is 12.2 Å². The standard InChI is InChI=1S/C24H30N2O6/c1-29-21-14-19(13-20(15-21)17-27)4-3-18-5-6-23(30-2)22(16-18)25-24(28)32-12-9-26-7-10-31-11-8-26/h3-6,13-16,27H,7-12,17H2,1-2H3,(H,25,28)/b4-3-. The molecule has 0 radical (unpaired) electrons. The summed E-state index contributed by atoms with van der Waals surface area (Å²) in [6, 6.07) is 11.0. The van der Waals surface area contributed by atoms with Crippen LogP contribution in [0.1, 0.15) is 16.7 Å². The van der Waals surface area contributed by atoms with E-state index in [1.54, 1.807) is 26.4 Å². The molecule has 8 nitrogen and oxygen atoms in total. The van der Waals surface area contributed by atoms with Gasteiger partial charge >= 0.3 is 6.09 Å². The average molecular weight is 443 g/mol. The van der Waals surface area contributed by atoms with E-state index in [4.69, 9.17) is 18.9 Å². The quantitative estimate of drug-likeness (QED) is 0.576. The van der Waals surface area contributed by atoms with Crippen LogP contribution >= 0.6 is 0 Å². The Morgan fingerprint density at radius 3 is 2.59 bits per heavy atom. The summed E-state index contributed by atoms with van der Waals surface area (Å²) in [6.07, 6.45) is 3.29. The number of rotatable bonds is 9. The van der Waals surface area contributed by atoms with Gasteiger partial charge in [-0.05, 0) is 47.0 Å². The highest BCUT2D eigenvalue weighted by Crippen LogP contribution is 2.27. The lowest BCUT2D eigenvalue weighted by atomic mass is 10.1. The van der Waals surface area contributed by atoms with Crippen molar-refractivity contribution in [3.8, 4) is 11.5 Å². The zero-order chi connectivity index (χ0) is 22.8. The van der Waals surface area contributed by atoms with E-state index in [9.17, 15) is 9.90 Å². The number of hydrogen-bond acceptors (Lipinski definition) is 7. The van der Waals surface area contributed by atoms with Crippen LogP contribution in [0.2, 0.25) is 0 Å². The van der Waals surface area contributed by atoms with Gasteiger partial charge in [0.05, 0.1) is 39.7 Å². The molecule has 32 heavy (non-hydrogen) atoms. The Balaban J connectivity index is 1.63. The summed E-state index contributed by atoms with van der Waals surface area (Å²) in [4.78, 5) is 14.5. The molecule has 8 heteroatoms. The molecule has 3 rings (SSSR count). The number of nitrogens with zero attached hydrogens (tertiary/aromatic N) is 1. The van der Waals surface area contributed by atoms with Crippen molar-refractivity contribution in [1.82, 2.24) is 4.90 Å². The monoisotopic (exact) mass is 442 g/mol. The average Bonchev–Trinajstić information content (AvgIpc) is 2.83. The van der Waals surface area contributed by atoms with Crippen molar-refractivity contribution in [1.29, 1.82) is 0 Å². The molecule has 1 saturated heterocycles. The number of anilines is 1. The zero-order valence-electron chi connectivity index (χ0n) is 18.5. The molecule has 1 fully saturated rings. The van der Waals surface area contributed by atoms with Crippen LogP contribution in [0, 0.1) is 0 Å². The molecule has 0 unspecified atom stereocenters. The van der Waals surface area contributed by atoms with Crippen molar-refractivity contribution in [2.45, 2.75) is 6.61 Å². The fraction of sp³-hybridized carbons (Fsp3) is 0.375. The number of ether oxygens (including phenoxy) is 4. The molecule has 2 aromatic rings. The van der Waals surface area contributed by atoms with Crippen molar-refractivity contribution in [3.63, 3.8) is 0 Å². The van der Waals surface area contributed by atoms with E-state index in [2.05, 4.69) is 10.2 Å². The normalized spacial score (nSPS) is 14.3. The van der Waals surface area contributed by atoms with E-state index in [0.717, 1.165) is 29.8 Å². The number of carbonyl (C=O) groups is 1. The van der Waals surface area contributed by atoms with Crippen molar-refractivity contribution >= 4 is 23.9 Å². The van der Waals surface area contributed by atoms with E-state index < -0.39 is 6.09 Å². The van der Waals surface area contributed by atoms with Crippen LogP contribution in [-0.2, 0) is 16.1 Å². The molecule has 172 valence electrons. The van der Waals surface area contributed by atoms with Crippen LogP contribution in [0.5, 0.6) is 11.5 Å². The maximum Gasteiger partial charge on any atom is 0.411 e. The summed E-state index contributed by atoms with van der Waals surface area (Å²) in [7, 11) is 3.14. The van der Waals surface area contributed by atoms with Crippen molar-refractivity contribution in [3.05, 3.63) is 53.1 Å². The molecule has 1 aliphatic rings. The molecule has 2 N–H and O–H groups in total. The molecule has 0 aliphatic carbocycles. The van der Waals surface area contributed by atoms with Gasteiger partial charge in [0.1, 0.15) is 18.1 Å². The number of aliphatic hydroxyl groups is 1. The first-order valence-corrected chi connectivity index (χ1v) is 10.5. The van der Waals surface area contributed by atoms with Gasteiger partial charge in [0.2, 0.25) is 0 Å². The molecule has 0 saturated carbocycles. The largest absolute Gasteiger partial charge is 0.497 e. The van der Waals surface area contributed by atoms with Crippen molar-refractivity contribution in [2.75, 3.05) is 59.0 Å². The number of methoxy groups -OCH3 is 2. The second-order valence-corrected chi connectivity index (χ2v) is 7.28. The van der Waals surface area contributed by atoms with Crippen LogP contribution in [0.3, 0.4) is 0 Å². The Kier molecular flexibility index (Phi) is 8.91. The summed E-state index contributed by atoms with van der Waals surface area (Å²) < 4.78 is 21.3. The molecule has 0 aromatic heterocycles. The van der Waals surface area contributed by atoms with Gasteiger partial charge in [-0.3, -0.25) is 10.2 Å². The lowest BCUT2D eigenvalue weighted by Crippen LogP contribution is -2.38. The summed E-state index contributed by atoms with van der Waals surface area (Å²) in [5, 5.41) is 12.2. The van der Waals surface area contributed by atoms with Gasteiger partial charge in [0.25, 0.3) is 0 Å². The molecule has 0 spiro atoms. The number of nitrogens with one attached hydrogen (secondary N) is 1. The highest BCUT2D eigenvalue weighted by Gasteiger charge is 2.12. The van der Waals surface area contributed by atoms with E-state index in [0.29, 0.717) is 43.6 Å². The minimum atomic E-state index is -0.530. The molecule has 1 amide bonds. The number of benzene rings is 2. The first-order chi connectivity index (χ1) is 15.6. The molecule has 1 heterocycles. The second-order valence-electron chi connectivity index (χ2n) is 7.28. The SMILES string of the molecule is COc1cc(/C=C\c2ccc(OC)c(NC(=O)OCCN3CCOCC3)c2)cc(CO)c1. The maximum absolute atomic E-state index is 12.3. The minimum absolute atomic E-state index is 0.0672. The first-order valence-electron chi connectivity index (χ1n) is 10.5. The first kappa shape index (κ1) is 23.6. The summed E-state index contributed by atoms with van der Waals surface area (Å²) in [5.74, 6) is 1.21. The van der Waals surface area contributed by atoms with Crippen molar-refractivity contribution in [2.24, 2.45) is 0 Å². The third kappa shape index (κ3) is 6.98. The Morgan fingerprint density at radius 2 is 1.88 bits per heavy atom. The predicted molar refractivity (Wildman–Crippen MR) is 123 cm³/mol. The van der Waals surface area contributed by atoms with E-state index >= 15 is 0 Å². The predicted octanol–water partition coefficient (Wildman–Crippen LogP) is 3.25. The molecular formula is C24H30N2O6. The maximum atomic E-state index is 12.3. The van der Waals surface area contributed by atoms with E-state index in [1.807, 2.05) is 36.4 Å².